The molecule has 6 heteroatoms. The van der Waals surface area contributed by atoms with Crippen LogP contribution in [0.25, 0.3) is 22.2 Å². The molecule has 1 aromatic heterocycles. The third-order valence-electron chi connectivity index (χ3n) is 4.77. The van der Waals surface area contributed by atoms with E-state index in [9.17, 15) is 4.79 Å². The van der Waals surface area contributed by atoms with Crippen LogP contribution in [0.5, 0.6) is 5.75 Å². The molecule has 1 aliphatic heterocycles. The zero-order valence-electron chi connectivity index (χ0n) is 14.3. The zero-order chi connectivity index (χ0) is 17.2. The summed E-state index contributed by atoms with van der Waals surface area (Å²) in [7, 11) is 1.65. The predicted octanol–water partition coefficient (Wildman–Crippen LogP) is 2.76. The molecule has 0 bridgehead atoms. The molecule has 0 spiro atoms. The first-order chi connectivity index (χ1) is 12.3. The number of hydrogen-bond acceptors (Lipinski definition) is 5. The molecule has 6 nitrogen and oxygen atoms in total. The van der Waals surface area contributed by atoms with Crippen molar-refractivity contribution in [1.82, 2.24) is 14.7 Å². The number of aromatic nitrogens is 2. The van der Waals surface area contributed by atoms with Crippen molar-refractivity contribution < 1.29 is 9.15 Å². The standard InChI is InChI=1S/C19H21N3O3/c1-24-17-9-8-16(14-6-2-3-7-15(14)17)18-20-22(19(23)25-18)13-12-21-10-4-5-11-21/h2-3,6-9H,4-5,10-13H2,1H3. The lowest BCUT2D eigenvalue weighted by molar-refractivity contribution is 0.309. The van der Waals surface area contributed by atoms with Crippen LogP contribution in [0, 0.1) is 0 Å². The summed E-state index contributed by atoms with van der Waals surface area (Å²) < 4.78 is 12.3. The minimum atomic E-state index is -0.408. The second kappa shape index (κ2) is 6.72. The predicted molar refractivity (Wildman–Crippen MR) is 95.9 cm³/mol. The summed E-state index contributed by atoms with van der Waals surface area (Å²) >= 11 is 0. The van der Waals surface area contributed by atoms with Crippen molar-refractivity contribution in [2.45, 2.75) is 19.4 Å². The van der Waals surface area contributed by atoms with Crippen molar-refractivity contribution in [1.29, 1.82) is 0 Å². The molecular weight excluding hydrogens is 318 g/mol. The summed E-state index contributed by atoms with van der Waals surface area (Å²) in [6, 6.07) is 11.6. The van der Waals surface area contributed by atoms with E-state index in [2.05, 4.69) is 10.00 Å². The van der Waals surface area contributed by atoms with E-state index in [4.69, 9.17) is 9.15 Å². The van der Waals surface area contributed by atoms with Crippen LogP contribution in [0.2, 0.25) is 0 Å². The first kappa shape index (κ1) is 15.9. The lowest BCUT2D eigenvalue weighted by atomic mass is 10.0. The largest absolute Gasteiger partial charge is 0.496 e. The van der Waals surface area contributed by atoms with Crippen LogP contribution < -0.4 is 10.5 Å². The Morgan fingerprint density at radius 2 is 1.84 bits per heavy atom. The number of hydrogen-bond donors (Lipinski definition) is 0. The van der Waals surface area contributed by atoms with Crippen molar-refractivity contribution in [2.24, 2.45) is 0 Å². The number of fused-ring (bicyclic) bond motifs is 1. The number of nitrogens with zero attached hydrogens (tertiary/aromatic N) is 3. The van der Waals surface area contributed by atoms with Crippen molar-refractivity contribution >= 4 is 10.8 Å². The van der Waals surface area contributed by atoms with Crippen LogP contribution in [0.4, 0.5) is 0 Å². The highest BCUT2D eigenvalue weighted by molar-refractivity contribution is 5.98. The van der Waals surface area contributed by atoms with Gasteiger partial charge in [-0.3, -0.25) is 0 Å². The van der Waals surface area contributed by atoms with Gasteiger partial charge in [0.1, 0.15) is 5.75 Å². The molecule has 0 atom stereocenters. The minimum Gasteiger partial charge on any atom is -0.496 e. The van der Waals surface area contributed by atoms with Crippen LogP contribution >= 0.6 is 0 Å². The number of methoxy groups -OCH3 is 1. The Bertz CT molecular complexity index is 938. The van der Waals surface area contributed by atoms with Gasteiger partial charge in [0.15, 0.2) is 0 Å². The number of likely N-dealkylation sites (tertiary alicyclic amines) is 1. The van der Waals surface area contributed by atoms with E-state index in [0.29, 0.717) is 12.4 Å². The van der Waals surface area contributed by atoms with E-state index in [1.807, 2.05) is 36.4 Å². The third-order valence-corrected chi connectivity index (χ3v) is 4.77. The highest BCUT2D eigenvalue weighted by Gasteiger charge is 2.16. The van der Waals surface area contributed by atoms with E-state index in [0.717, 1.165) is 41.7 Å². The molecule has 3 aromatic rings. The van der Waals surface area contributed by atoms with E-state index in [1.165, 1.54) is 17.5 Å². The summed E-state index contributed by atoms with van der Waals surface area (Å²) in [5.41, 5.74) is 0.799. The Morgan fingerprint density at radius 1 is 1.08 bits per heavy atom. The van der Waals surface area contributed by atoms with Gasteiger partial charge in [0.05, 0.1) is 13.7 Å². The summed E-state index contributed by atoms with van der Waals surface area (Å²) in [6.07, 6.45) is 2.47. The molecular formula is C19H21N3O3. The quantitative estimate of drug-likeness (QED) is 0.715. The van der Waals surface area contributed by atoms with Gasteiger partial charge >= 0.3 is 5.76 Å². The molecule has 0 radical (unpaired) electrons. The fourth-order valence-corrected chi connectivity index (χ4v) is 3.43. The topological polar surface area (TPSA) is 60.5 Å². The lowest BCUT2D eigenvalue weighted by Gasteiger charge is -2.12. The van der Waals surface area contributed by atoms with Gasteiger partial charge in [-0.2, -0.15) is 4.68 Å². The molecule has 0 amide bonds. The van der Waals surface area contributed by atoms with E-state index >= 15 is 0 Å². The van der Waals surface area contributed by atoms with Crippen LogP contribution in [0.15, 0.2) is 45.6 Å². The highest BCUT2D eigenvalue weighted by Crippen LogP contribution is 2.33. The summed E-state index contributed by atoms with van der Waals surface area (Å²) in [6.45, 7) is 3.58. The van der Waals surface area contributed by atoms with Gasteiger partial charge in [0, 0.05) is 17.5 Å². The molecule has 1 saturated heterocycles. The normalized spacial score (nSPS) is 15.1. The summed E-state index contributed by atoms with van der Waals surface area (Å²) in [4.78, 5) is 14.5. The van der Waals surface area contributed by atoms with Crippen LogP contribution in [0.3, 0.4) is 0 Å². The maximum atomic E-state index is 12.2. The Morgan fingerprint density at radius 3 is 2.60 bits per heavy atom. The third kappa shape index (κ3) is 3.05. The smallest absolute Gasteiger partial charge is 0.437 e. The summed E-state index contributed by atoms with van der Waals surface area (Å²) in [5, 5.41) is 6.34. The van der Waals surface area contributed by atoms with Gasteiger partial charge < -0.3 is 14.1 Å². The van der Waals surface area contributed by atoms with Gasteiger partial charge in [-0.25, -0.2) is 4.79 Å². The SMILES string of the molecule is COc1ccc(-c2nn(CCN3CCCC3)c(=O)o2)c2ccccc12. The lowest BCUT2D eigenvalue weighted by Crippen LogP contribution is -2.28. The van der Waals surface area contributed by atoms with Gasteiger partial charge in [0.2, 0.25) is 5.89 Å². The number of ether oxygens (including phenoxy) is 1. The van der Waals surface area contributed by atoms with E-state index < -0.39 is 5.76 Å². The average Bonchev–Trinajstić information content (AvgIpc) is 3.28. The van der Waals surface area contributed by atoms with Crippen LogP contribution in [-0.4, -0.2) is 41.4 Å². The average molecular weight is 339 g/mol. The van der Waals surface area contributed by atoms with E-state index in [-0.39, 0.29) is 0 Å². The number of benzene rings is 2. The Hall–Kier alpha value is -2.60. The Kier molecular flexibility index (Phi) is 4.28. The zero-order valence-corrected chi connectivity index (χ0v) is 14.3. The van der Waals surface area contributed by atoms with Crippen molar-refractivity contribution in [3.8, 4) is 17.2 Å². The van der Waals surface area contributed by atoms with Gasteiger partial charge in [-0.15, -0.1) is 5.10 Å². The van der Waals surface area contributed by atoms with Crippen molar-refractivity contribution in [3.63, 3.8) is 0 Å². The monoisotopic (exact) mass is 339 g/mol. The van der Waals surface area contributed by atoms with Crippen LogP contribution in [0.1, 0.15) is 12.8 Å². The fourth-order valence-electron chi connectivity index (χ4n) is 3.43. The van der Waals surface area contributed by atoms with Crippen LogP contribution in [-0.2, 0) is 6.54 Å². The van der Waals surface area contributed by atoms with Crippen molar-refractivity contribution in [3.05, 3.63) is 46.9 Å². The molecule has 0 saturated carbocycles. The molecule has 0 unspecified atom stereocenters. The summed E-state index contributed by atoms with van der Waals surface area (Å²) in [5.74, 6) is 0.731. The Labute approximate surface area is 145 Å². The first-order valence-corrected chi connectivity index (χ1v) is 8.62. The maximum Gasteiger partial charge on any atom is 0.437 e. The molecule has 4 rings (SSSR count). The highest BCUT2D eigenvalue weighted by atomic mass is 16.5. The first-order valence-electron chi connectivity index (χ1n) is 8.62. The molecule has 1 aliphatic rings. The van der Waals surface area contributed by atoms with E-state index in [1.54, 1.807) is 7.11 Å². The fraction of sp³-hybridized carbons (Fsp3) is 0.368. The second-order valence-corrected chi connectivity index (χ2v) is 6.31. The molecule has 25 heavy (non-hydrogen) atoms. The molecule has 0 N–H and O–H groups in total. The second-order valence-electron chi connectivity index (χ2n) is 6.31. The molecule has 1 fully saturated rings. The maximum absolute atomic E-state index is 12.2. The molecule has 0 aliphatic carbocycles. The Balaban J connectivity index is 1.67. The van der Waals surface area contributed by atoms with Gasteiger partial charge in [-0.1, -0.05) is 24.3 Å². The molecule has 2 aromatic carbocycles. The molecule has 130 valence electrons. The van der Waals surface area contributed by atoms with Gasteiger partial charge in [-0.05, 0) is 43.5 Å². The van der Waals surface area contributed by atoms with Gasteiger partial charge in [0.25, 0.3) is 0 Å². The van der Waals surface area contributed by atoms with Crippen molar-refractivity contribution in [2.75, 3.05) is 26.7 Å². The minimum absolute atomic E-state index is 0.352. The number of rotatable bonds is 5. The molecule has 2 heterocycles.